The second-order valence-electron chi connectivity index (χ2n) is 2.24. The minimum Gasteiger partial charge on any atom is -0.848 e. The van der Waals surface area contributed by atoms with E-state index in [9.17, 15) is 9.90 Å². The molecule has 64 valence electrons. The van der Waals surface area contributed by atoms with E-state index in [1.54, 1.807) is 30.3 Å². The Morgan fingerprint density at radius 3 is 2.38 bits per heavy atom. The standard InChI is InChI=1S/C8H9N2O2.K/c9-10(8(12)6-11)7-4-2-1-3-5-7;/h1-5H,6,9H2;/q-1;+1. The summed E-state index contributed by atoms with van der Waals surface area (Å²) in [5.41, 5.74) is 0.526. The summed E-state index contributed by atoms with van der Waals surface area (Å²) in [5.74, 6) is 4.70. The summed E-state index contributed by atoms with van der Waals surface area (Å²) in [4.78, 5) is 10.8. The van der Waals surface area contributed by atoms with Gasteiger partial charge >= 0.3 is 51.4 Å². The third-order valence-corrected chi connectivity index (χ3v) is 1.43. The molecule has 1 aromatic carbocycles. The van der Waals surface area contributed by atoms with Crippen LogP contribution in [0.15, 0.2) is 30.3 Å². The van der Waals surface area contributed by atoms with Crippen molar-refractivity contribution in [3.8, 4) is 0 Å². The molecule has 0 heterocycles. The SMILES string of the molecule is NN(C(=O)C[O-])c1ccccc1.[K+]. The monoisotopic (exact) mass is 204 g/mol. The molecular weight excluding hydrogens is 195 g/mol. The minimum atomic E-state index is -0.828. The van der Waals surface area contributed by atoms with Crippen molar-refractivity contribution in [1.82, 2.24) is 0 Å². The number of carbonyl (C=O) groups excluding carboxylic acids is 1. The van der Waals surface area contributed by atoms with E-state index in [1.165, 1.54) is 0 Å². The van der Waals surface area contributed by atoms with E-state index in [0.29, 0.717) is 5.69 Å². The number of nitrogens with two attached hydrogens (primary N) is 1. The van der Waals surface area contributed by atoms with Crippen molar-refractivity contribution in [3.63, 3.8) is 0 Å². The van der Waals surface area contributed by atoms with Gasteiger partial charge in [-0.25, -0.2) is 10.9 Å². The smallest absolute Gasteiger partial charge is 0.848 e. The van der Waals surface area contributed by atoms with E-state index in [4.69, 9.17) is 5.84 Å². The van der Waals surface area contributed by atoms with Gasteiger partial charge in [-0.1, -0.05) is 24.8 Å². The molecule has 0 aliphatic carbocycles. The Balaban J connectivity index is 0.00000144. The van der Waals surface area contributed by atoms with Crippen LogP contribution in [0.1, 0.15) is 0 Å². The molecule has 5 heteroatoms. The molecule has 0 spiro atoms. The molecule has 0 aliphatic rings. The van der Waals surface area contributed by atoms with Gasteiger partial charge in [-0.15, -0.1) is 0 Å². The van der Waals surface area contributed by atoms with Gasteiger partial charge < -0.3 is 5.11 Å². The van der Waals surface area contributed by atoms with Gasteiger partial charge in [0.05, 0.1) is 5.69 Å². The molecule has 2 N–H and O–H groups in total. The van der Waals surface area contributed by atoms with Gasteiger partial charge in [0, 0.05) is 0 Å². The summed E-state index contributed by atoms with van der Waals surface area (Å²) in [5, 5.41) is 11.0. The Morgan fingerprint density at radius 2 is 1.92 bits per heavy atom. The second-order valence-corrected chi connectivity index (χ2v) is 2.24. The van der Waals surface area contributed by atoms with Crippen LogP contribution in [-0.4, -0.2) is 12.5 Å². The van der Waals surface area contributed by atoms with E-state index in [2.05, 4.69) is 0 Å². The zero-order valence-electron chi connectivity index (χ0n) is 7.43. The number of hydrazine groups is 1. The third-order valence-electron chi connectivity index (χ3n) is 1.43. The van der Waals surface area contributed by atoms with Crippen LogP contribution in [0.25, 0.3) is 0 Å². The van der Waals surface area contributed by atoms with Crippen LogP contribution < -0.4 is 67.3 Å². The van der Waals surface area contributed by atoms with Gasteiger partial charge in [0.1, 0.15) is 0 Å². The number of amides is 1. The third kappa shape index (κ3) is 3.86. The van der Waals surface area contributed by atoms with Crippen LogP contribution in [0.2, 0.25) is 0 Å². The first kappa shape index (κ1) is 13.2. The van der Waals surface area contributed by atoms with E-state index in [-0.39, 0.29) is 51.4 Å². The Labute approximate surface area is 119 Å². The molecule has 0 saturated heterocycles. The summed E-state index contributed by atoms with van der Waals surface area (Å²) in [7, 11) is 0. The Morgan fingerprint density at radius 1 is 1.38 bits per heavy atom. The van der Waals surface area contributed by atoms with Crippen LogP contribution in [0.5, 0.6) is 0 Å². The topological polar surface area (TPSA) is 69.4 Å². The number of para-hydroxylation sites is 1. The van der Waals surface area contributed by atoms with Crippen molar-refractivity contribution in [2.45, 2.75) is 0 Å². The molecule has 0 saturated carbocycles. The number of anilines is 1. The van der Waals surface area contributed by atoms with Crippen molar-refractivity contribution in [2.75, 3.05) is 11.6 Å². The van der Waals surface area contributed by atoms with Gasteiger partial charge in [0.2, 0.25) is 5.91 Å². The normalized spacial score (nSPS) is 8.77. The van der Waals surface area contributed by atoms with Gasteiger partial charge in [0.25, 0.3) is 0 Å². The number of nitrogens with zero attached hydrogens (tertiary/aromatic N) is 1. The molecule has 4 nitrogen and oxygen atoms in total. The molecular formula is C8H9KN2O2. The first-order valence-electron chi connectivity index (χ1n) is 3.46. The fourth-order valence-corrected chi connectivity index (χ4v) is 0.802. The Bertz CT molecular complexity index is 266. The van der Waals surface area contributed by atoms with Crippen LogP contribution in [0, 0.1) is 0 Å². The molecule has 1 rings (SSSR count). The van der Waals surface area contributed by atoms with Crippen molar-refractivity contribution < 1.29 is 61.3 Å². The summed E-state index contributed by atoms with van der Waals surface area (Å²) in [6.45, 7) is -0.828. The maximum Gasteiger partial charge on any atom is 1.00 e. The number of rotatable bonds is 2. The number of benzene rings is 1. The van der Waals surface area contributed by atoms with Crippen LogP contribution in [-0.2, 0) is 4.79 Å². The Hall–Kier alpha value is 0.246. The fourth-order valence-electron chi connectivity index (χ4n) is 0.802. The summed E-state index contributed by atoms with van der Waals surface area (Å²) < 4.78 is 0. The molecule has 0 aliphatic heterocycles. The maximum atomic E-state index is 10.8. The van der Waals surface area contributed by atoms with Crippen LogP contribution in [0.4, 0.5) is 5.69 Å². The first-order valence-corrected chi connectivity index (χ1v) is 3.46. The Kier molecular flexibility index (Phi) is 6.79. The number of hydrogen-bond acceptors (Lipinski definition) is 3. The van der Waals surface area contributed by atoms with E-state index >= 15 is 0 Å². The quantitative estimate of drug-likeness (QED) is 0.233. The molecule has 0 fully saturated rings. The molecule has 0 aromatic heterocycles. The van der Waals surface area contributed by atoms with E-state index in [1.807, 2.05) is 0 Å². The second kappa shape index (κ2) is 6.66. The summed E-state index contributed by atoms with van der Waals surface area (Å²) >= 11 is 0. The summed E-state index contributed by atoms with van der Waals surface area (Å²) in [6, 6.07) is 8.61. The van der Waals surface area contributed by atoms with E-state index in [0.717, 1.165) is 5.01 Å². The molecule has 13 heavy (non-hydrogen) atoms. The van der Waals surface area contributed by atoms with Crippen molar-refractivity contribution in [1.29, 1.82) is 0 Å². The number of hydrogen-bond donors (Lipinski definition) is 1. The van der Waals surface area contributed by atoms with Crippen molar-refractivity contribution in [2.24, 2.45) is 5.84 Å². The predicted molar refractivity (Wildman–Crippen MR) is 43.0 cm³/mol. The molecule has 0 unspecified atom stereocenters. The van der Waals surface area contributed by atoms with Gasteiger partial charge in [-0.05, 0) is 12.1 Å². The van der Waals surface area contributed by atoms with Gasteiger partial charge in [0.15, 0.2) is 0 Å². The van der Waals surface area contributed by atoms with Crippen molar-refractivity contribution >= 4 is 11.6 Å². The molecule has 0 radical (unpaired) electrons. The predicted octanol–water partition coefficient (Wildman–Crippen LogP) is -3.74. The van der Waals surface area contributed by atoms with Gasteiger partial charge in [-0.2, -0.15) is 0 Å². The fraction of sp³-hybridized carbons (Fsp3) is 0.125. The maximum absolute atomic E-state index is 10.8. The van der Waals surface area contributed by atoms with Gasteiger partial charge in [-0.3, -0.25) is 4.79 Å². The average Bonchev–Trinajstić information content (AvgIpc) is 2.17. The van der Waals surface area contributed by atoms with Crippen LogP contribution in [0.3, 0.4) is 0 Å². The minimum absolute atomic E-state index is 0. The molecule has 0 bridgehead atoms. The largest absolute Gasteiger partial charge is 1.00 e. The van der Waals surface area contributed by atoms with Crippen molar-refractivity contribution in [3.05, 3.63) is 30.3 Å². The summed E-state index contributed by atoms with van der Waals surface area (Å²) in [6.07, 6.45) is 0. The average molecular weight is 204 g/mol. The van der Waals surface area contributed by atoms with Crippen LogP contribution >= 0.6 is 0 Å². The molecule has 1 amide bonds. The zero-order chi connectivity index (χ0) is 8.97. The molecule has 1 aromatic rings. The first-order chi connectivity index (χ1) is 5.75. The zero-order valence-corrected chi connectivity index (χ0v) is 10.6. The molecule has 0 atom stereocenters. The van der Waals surface area contributed by atoms with E-state index < -0.39 is 12.5 Å². The number of carbonyl (C=O) groups is 1.